The van der Waals surface area contributed by atoms with Crippen LogP contribution in [0, 0.1) is 11.8 Å². The molecule has 0 rings (SSSR count). The molecule has 0 unspecified atom stereocenters. The zero-order chi connectivity index (χ0) is 2.00. The van der Waals surface area contributed by atoms with Crippen molar-refractivity contribution in [2.24, 2.45) is 0 Å². The van der Waals surface area contributed by atoms with Crippen LogP contribution in [0.1, 0.15) is 0 Å². The smallest absolute Gasteiger partial charge is 0.512 e. The van der Waals surface area contributed by atoms with Gasteiger partial charge in [-0.2, -0.15) is 0 Å². The molecule has 0 aliphatic rings. The van der Waals surface area contributed by atoms with Crippen molar-refractivity contribution in [3.05, 3.63) is 6.57 Å². The first-order valence-electron chi connectivity index (χ1n) is 0.224. The van der Waals surface area contributed by atoms with Crippen LogP contribution >= 0.6 is 0 Å². The second-order valence-corrected chi connectivity index (χ2v) is 0. The van der Waals surface area contributed by atoms with Gasteiger partial charge >= 0.3 is 51.4 Å². The summed E-state index contributed by atoms with van der Waals surface area (Å²) in [7, 11) is 0. The van der Waals surface area contributed by atoms with E-state index in [2.05, 4.69) is 0 Å². The fourth-order valence-corrected chi connectivity index (χ4v) is 0. The van der Waals surface area contributed by atoms with Gasteiger partial charge in [0.25, 0.3) is 0 Å². The molecule has 0 atom stereocenters. The number of hydrogen-bond donors (Lipinski definition) is 0. The first-order valence-corrected chi connectivity index (χ1v) is 0.224. The summed E-state index contributed by atoms with van der Waals surface area (Å²) < 4.78 is 0. The van der Waals surface area contributed by atoms with E-state index in [0.717, 1.165) is 0 Å². The molecule has 0 amide bonds. The summed E-state index contributed by atoms with van der Waals surface area (Å²) in [5.41, 5.74) is 0. The predicted octanol–water partition coefficient (Wildman–Crippen LogP) is -3.72. The van der Waals surface area contributed by atoms with Crippen LogP contribution in [0.3, 0.4) is 0 Å². The Hall–Kier alpha value is 1.09. The van der Waals surface area contributed by atoms with Crippen molar-refractivity contribution in [2.45, 2.75) is 0 Å². The Kier molecular flexibility index (Phi) is 161. The average molecular weight is 83.1 g/mol. The van der Waals surface area contributed by atoms with Gasteiger partial charge in [0.1, 0.15) is 0 Å². The van der Waals surface area contributed by atoms with Crippen LogP contribution in [0.2, 0.25) is 0 Å². The van der Waals surface area contributed by atoms with Crippen LogP contribution in [-0.4, -0.2) is 5.48 Å². The van der Waals surface area contributed by atoms with Crippen molar-refractivity contribution in [1.29, 1.82) is 5.26 Å². The van der Waals surface area contributed by atoms with Crippen LogP contribution in [0.15, 0.2) is 0 Å². The first kappa shape index (κ1) is 19.5. The molecule has 0 bridgehead atoms. The molecule has 18 valence electrons. The van der Waals surface area contributed by atoms with Gasteiger partial charge in [0.15, 0.2) is 0 Å². The number of rotatable bonds is 0. The molecule has 0 aromatic carbocycles. The predicted molar refractivity (Wildman–Crippen MR) is 8.58 cm³/mol. The van der Waals surface area contributed by atoms with Crippen LogP contribution in [0.4, 0.5) is 0 Å². The fourth-order valence-electron chi connectivity index (χ4n) is 0. The first-order chi connectivity index (χ1) is 1.00. The molecule has 0 aromatic rings. The summed E-state index contributed by atoms with van der Waals surface area (Å²) >= 11 is 0. The van der Waals surface area contributed by atoms with Crippen molar-refractivity contribution in [2.75, 3.05) is 0 Å². The van der Waals surface area contributed by atoms with E-state index in [1.54, 1.807) is 0 Å². The van der Waals surface area contributed by atoms with Crippen molar-refractivity contribution in [1.82, 2.24) is 0 Å². The summed E-state index contributed by atoms with van der Waals surface area (Å²) in [4.78, 5) is 0. The second kappa shape index (κ2) is 33.0. The quantitative estimate of drug-likeness (QED) is 0.219. The molecule has 0 fully saturated rings. The number of nitrogens with zero attached hydrogens (tertiary/aromatic N) is 1. The Morgan fingerprint density at radius 1 is 1.25 bits per heavy atom. The molecule has 2 nitrogen and oxygen atoms in total. The van der Waals surface area contributed by atoms with E-state index in [1.807, 2.05) is 0 Å². The Balaban J connectivity index is -0.00000000500. The standard InChI is InChI=1S/CN.K.H2O/c1-2;;/h;;1H2/q-1;+1;. The molecular weight excluding hydrogens is 81.1 g/mol. The SMILES string of the molecule is O.[C-]#N.[K+]. The minimum absolute atomic E-state index is 0. The average Bonchev–Trinajstić information content (AvgIpc) is 1.00. The molecule has 0 aromatic heterocycles. The van der Waals surface area contributed by atoms with Crippen LogP contribution < -0.4 is 51.4 Å². The van der Waals surface area contributed by atoms with Gasteiger partial charge < -0.3 is 17.3 Å². The van der Waals surface area contributed by atoms with Gasteiger partial charge in [-0.25, -0.2) is 0 Å². The molecule has 0 saturated carbocycles. The molecule has 0 aliphatic heterocycles. The Morgan fingerprint density at radius 2 is 1.25 bits per heavy atom. The summed E-state index contributed by atoms with van der Waals surface area (Å²) in [5, 5.41) is 6.25. The summed E-state index contributed by atoms with van der Waals surface area (Å²) in [6.07, 6.45) is 0. The molecule has 2 N–H and O–H groups in total. The Labute approximate surface area is 67.5 Å². The minimum Gasteiger partial charge on any atom is -0.512 e. The van der Waals surface area contributed by atoms with E-state index in [9.17, 15) is 0 Å². The third kappa shape index (κ3) is 11.4. The van der Waals surface area contributed by atoms with E-state index in [0.29, 0.717) is 0 Å². The normalized spacial score (nSPS) is 0.500. The van der Waals surface area contributed by atoms with Gasteiger partial charge in [0.05, 0.1) is 0 Å². The van der Waals surface area contributed by atoms with Crippen molar-refractivity contribution < 1.29 is 56.9 Å². The molecule has 0 spiro atoms. The summed E-state index contributed by atoms with van der Waals surface area (Å²) in [6.45, 7) is 4.75. The maximum Gasteiger partial charge on any atom is 1.00 e. The van der Waals surface area contributed by atoms with Gasteiger partial charge in [-0.1, -0.05) is 0 Å². The molecular formula is CH2KNO. The van der Waals surface area contributed by atoms with Gasteiger partial charge in [-0.15, -0.1) is 0 Å². The van der Waals surface area contributed by atoms with Gasteiger partial charge in [-0.05, 0) is 0 Å². The second-order valence-electron chi connectivity index (χ2n) is 0. The molecule has 0 heterocycles. The maximum atomic E-state index is 6.25. The van der Waals surface area contributed by atoms with Crippen molar-refractivity contribution >= 4 is 0 Å². The third-order valence-corrected chi connectivity index (χ3v) is 0. The minimum atomic E-state index is 0. The van der Waals surface area contributed by atoms with Gasteiger partial charge in [0, 0.05) is 0 Å². The monoisotopic (exact) mass is 83.0 g/mol. The fraction of sp³-hybridized carbons (Fsp3) is 0. The van der Waals surface area contributed by atoms with Crippen LogP contribution in [-0.2, 0) is 0 Å². The van der Waals surface area contributed by atoms with Crippen LogP contribution in [0.25, 0.3) is 0 Å². The topological polar surface area (TPSA) is 55.3 Å². The van der Waals surface area contributed by atoms with Crippen molar-refractivity contribution in [3.63, 3.8) is 0 Å². The Morgan fingerprint density at radius 3 is 1.25 bits per heavy atom. The summed E-state index contributed by atoms with van der Waals surface area (Å²) in [5.74, 6) is 0. The molecule has 3 heteroatoms. The zero-order valence-electron chi connectivity index (χ0n) is 2.45. The molecule has 0 radical (unpaired) electrons. The van der Waals surface area contributed by atoms with E-state index in [1.165, 1.54) is 0 Å². The van der Waals surface area contributed by atoms with E-state index >= 15 is 0 Å². The molecule has 4 heavy (non-hydrogen) atoms. The van der Waals surface area contributed by atoms with Gasteiger partial charge in [-0.3, -0.25) is 0 Å². The third-order valence-electron chi connectivity index (χ3n) is 0. The Bertz CT molecular complexity index is 12.8. The zero-order valence-corrected chi connectivity index (χ0v) is 5.57. The van der Waals surface area contributed by atoms with E-state index in [-0.39, 0.29) is 56.9 Å². The van der Waals surface area contributed by atoms with Crippen molar-refractivity contribution in [3.8, 4) is 0 Å². The maximum absolute atomic E-state index is 6.25. The van der Waals surface area contributed by atoms with Crippen LogP contribution in [0.5, 0.6) is 0 Å². The largest absolute Gasteiger partial charge is 1.00 e. The molecule has 0 saturated heterocycles. The number of hydrogen-bond acceptors (Lipinski definition) is 1. The van der Waals surface area contributed by atoms with E-state index < -0.39 is 0 Å². The van der Waals surface area contributed by atoms with E-state index in [4.69, 9.17) is 11.8 Å². The summed E-state index contributed by atoms with van der Waals surface area (Å²) in [6, 6.07) is 0. The van der Waals surface area contributed by atoms with Gasteiger partial charge in [0.2, 0.25) is 0 Å². The molecule has 0 aliphatic carbocycles.